The van der Waals surface area contributed by atoms with Crippen molar-refractivity contribution >= 4 is 11.5 Å². The van der Waals surface area contributed by atoms with E-state index >= 15 is 0 Å². The fourth-order valence-electron chi connectivity index (χ4n) is 3.65. The molecule has 1 saturated carbocycles. The van der Waals surface area contributed by atoms with Crippen molar-refractivity contribution < 1.29 is 22.6 Å². The summed E-state index contributed by atoms with van der Waals surface area (Å²) in [6, 6.07) is 9.78. The molecule has 1 aliphatic carbocycles. The van der Waals surface area contributed by atoms with E-state index in [1.807, 2.05) is 12.1 Å². The van der Waals surface area contributed by atoms with Crippen molar-refractivity contribution in [3.05, 3.63) is 42.6 Å². The van der Waals surface area contributed by atoms with E-state index in [1.54, 1.807) is 23.9 Å². The molecule has 0 aliphatic heterocycles. The van der Waals surface area contributed by atoms with E-state index in [1.165, 1.54) is 18.2 Å². The number of aromatic nitrogens is 3. The molecular weight excluding hydrogens is 385 g/mol. The predicted octanol–water partition coefficient (Wildman–Crippen LogP) is 4.66. The van der Waals surface area contributed by atoms with E-state index in [9.17, 15) is 13.2 Å². The van der Waals surface area contributed by atoms with Gasteiger partial charge in [0.05, 0.1) is 18.0 Å². The number of hydrogen-bond donors (Lipinski definition) is 1. The third kappa shape index (κ3) is 4.61. The third-order valence-electron chi connectivity index (χ3n) is 5.09. The van der Waals surface area contributed by atoms with Gasteiger partial charge in [-0.25, -0.2) is 9.50 Å². The molecule has 29 heavy (non-hydrogen) atoms. The maximum Gasteiger partial charge on any atom is 0.573 e. The molecule has 1 N–H and O–H groups in total. The fraction of sp³-hybridized carbons (Fsp3) is 0.400. The minimum Gasteiger partial charge on any atom is -0.406 e. The van der Waals surface area contributed by atoms with E-state index in [0.717, 1.165) is 25.7 Å². The van der Waals surface area contributed by atoms with Gasteiger partial charge in [-0.3, -0.25) is 0 Å². The number of rotatable bonds is 5. The van der Waals surface area contributed by atoms with Gasteiger partial charge in [0.2, 0.25) is 0 Å². The molecule has 0 spiro atoms. The zero-order valence-electron chi connectivity index (χ0n) is 15.8. The van der Waals surface area contributed by atoms with E-state index in [4.69, 9.17) is 4.74 Å². The molecule has 0 amide bonds. The minimum absolute atomic E-state index is 0.283. The second-order valence-electron chi connectivity index (χ2n) is 7.06. The Hall–Kier alpha value is -2.81. The lowest BCUT2D eigenvalue weighted by atomic mass is 9.93. The Kier molecular flexibility index (Phi) is 5.31. The summed E-state index contributed by atoms with van der Waals surface area (Å²) >= 11 is 0. The number of anilines is 1. The molecule has 0 bridgehead atoms. The van der Waals surface area contributed by atoms with Gasteiger partial charge in [0, 0.05) is 18.7 Å². The standard InChI is InChI=1S/C20H21F3N4O2/c1-28-15-7-5-14(6-8-15)25-18-9-10-19-24-12-17(27(19)26-18)13-3-2-4-16(11-13)29-20(21,22)23/h2-4,9-12,14-15H,5-8H2,1H3,(H,25,26). The number of imidazole rings is 1. The van der Waals surface area contributed by atoms with Gasteiger partial charge in [0.15, 0.2) is 5.65 Å². The number of alkyl halides is 3. The number of nitrogens with one attached hydrogen (secondary N) is 1. The lowest BCUT2D eigenvalue weighted by Gasteiger charge is -2.28. The topological polar surface area (TPSA) is 60.7 Å². The smallest absolute Gasteiger partial charge is 0.406 e. The first-order valence-corrected chi connectivity index (χ1v) is 9.41. The molecule has 1 aliphatic rings. The first kappa shape index (κ1) is 19.5. The first-order valence-electron chi connectivity index (χ1n) is 9.41. The Balaban J connectivity index is 1.57. The summed E-state index contributed by atoms with van der Waals surface area (Å²) in [5.74, 6) is 0.412. The Morgan fingerprint density at radius 1 is 1.10 bits per heavy atom. The van der Waals surface area contributed by atoms with Crippen molar-refractivity contribution in [2.45, 2.75) is 44.2 Å². The number of nitrogens with zero attached hydrogens (tertiary/aromatic N) is 3. The van der Waals surface area contributed by atoms with Crippen LogP contribution in [-0.2, 0) is 4.74 Å². The number of hydrogen-bond acceptors (Lipinski definition) is 5. The number of halogens is 3. The van der Waals surface area contributed by atoms with Gasteiger partial charge in [-0.15, -0.1) is 18.3 Å². The van der Waals surface area contributed by atoms with Crippen LogP contribution in [0, 0.1) is 0 Å². The molecule has 1 aromatic carbocycles. The molecule has 2 heterocycles. The van der Waals surface area contributed by atoms with Crippen LogP contribution in [-0.4, -0.2) is 40.2 Å². The normalized spacial score (nSPS) is 20.0. The molecule has 9 heteroatoms. The lowest BCUT2D eigenvalue weighted by Crippen LogP contribution is -2.29. The van der Waals surface area contributed by atoms with E-state index in [-0.39, 0.29) is 5.75 Å². The monoisotopic (exact) mass is 406 g/mol. The van der Waals surface area contributed by atoms with Gasteiger partial charge in [0.25, 0.3) is 0 Å². The third-order valence-corrected chi connectivity index (χ3v) is 5.09. The highest BCUT2D eigenvalue weighted by Crippen LogP contribution is 2.29. The van der Waals surface area contributed by atoms with Crippen LogP contribution in [0.15, 0.2) is 42.6 Å². The van der Waals surface area contributed by atoms with Crippen molar-refractivity contribution in [2.75, 3.05) is 12.4 Å². The number of benzene rings is 1. The van der Waals surface area contributed by atoms with Crippen LogP contribution in [0.3, 0.4) is 0 Å². The van der Waals surface area contributed by atoms with Crippen molar-refractivity contribution in [3.63, 3.8) is 0 Å². The van der Waals surface area contributed by atoms with Crippen LogP contribution < -0.4 is 10.1 Å². The van der Waals surface area contributed by atoms with Crippen LogP contribution in [0.1, 0.15) is 25.7 Å². The quantitative estimate of drug-likeness (QED) is 0.668. The van der Waals surface area contributed by atoms with E-state index in [0.29, 0.717) is 34.9 Å². The number of fused-ring (bicyclic) bond motifs is 1. The van der Waals surface area contributed by atoms with Crippen molar-refractivity contribution in [2.24, 2.45) is 0 Å². The summed E-state index contributed by atoms with van der Waals surface area (Å²) in [4.78, 5) is 4.30. The summed E-state index contributed by atoms with van der Waals surface area (Å²) < 4.78 is 48.6. The molecule has 154 valence electrons. The highest BCUT2D eigenvalue weighted by Gasteiger charge is 2.31. The van der Waals surface area contributed by atoms with Gasteiger partial charge in [-0.2, -0.15) is 0 Å². The largest absolute Gasteiger partial charge is 0.573 e. The van der Waals surface area contributed by atoms with Crippen molar-refractivity contribution in [3.8, 4) is 17.0 Å². The zero-order chi connectivity index (χ0) is 20.4. The Labute approximate surface area is 165 Å². The van der Waals surface area contributed by atoms with E-state index < -0.39 is 6.36 Å². The van der Waals surface area contributed by atoms with Gasteiger partial charge in [0.1, 0.15) is 11.6 Å². The number of methoxy groups -OCH3 is 1. The highest BCUT2D eigenvalue weighted by molar-refractivity contribution is 5.65. The average molecular weight is 406 g/mol. The average Bonchev–Trinajstić information content (AvgIpc) is 3.11. The van der Waals surface area contributed by atoms with Gasteiger partial charge in [-0.1, -0.05) is 12.1 Å². The van der Waals surface area contributed by atoms with E-state index in [2.05, 4.69) is 20.1 Å². The molecule has 3 aromatic rings. The Morgan fingerprint density at radius 3 is 2.62 bits per heavy atom. The molecule has 0 unspecified atom stereocenters. The lowest BCUT2D eigenvalue weighted by molar-refractivity contribution is -0.274. The van der Waals surface area contributed by atoms with Crippen molar-refractivity contribution in [1.29, 1.82) is 0 Å². The molecule has 0 saturated heterocycles. The van der Waals surface area contributed by atoms with Gasteiger partial charge in [-0.05, 0) is 49.9 Å². The fourth-order valence-corrected chi connectivity index (χ4v) is 3.65. The molecule has 6 nitrogen and oxygen atoms in total. The molecule has 2 aromatic heterocycles. The summed E-state index contributed by atoms with van der Waals surface area (Å²) in [5, 5.41) is 8.04. The second kappa shape index (κ2) is 7.90. The van der Waals surface area contributed by atoms with Crippen LogP contribution in [0.25, 0.3) is 16.9 Å². The minimum atomic E-state index is -4.74. The van der Waals surface area contributed by atoms with Crippen LogP contribution in [0.2, 0.25) is 0 Å². The van der Waals surface area contributed by atoms with Crippen LogP contribution >= 0.6 is 0 Å². The molecular formula is C20H21F3N4O2. The maximum absolute atomic E-state index is 12.5. The number of ether oxygens (including phenoxy) is 2. The Morgan fingerprint density at radius 2 is 1.90 bits per heavy atom. The highest BCUT2D eigenvalue weighted by atomic mass is 19.4. The van der Waals surface area contributed by atoms with Crippen LogP contribution in [0.5, 0.6) is 5.75 Å². The van der Waals surface area contributed by atoms with Crippen molar-refractivity contribution in [1.82, 2.24) is 14.6 Å². The van der Waals surface area contributed by atoms with Gasteiger partial charge < -0.3 is 14.8 Å². The van der Waals surface area contributed by atoms with Crippen LogP contribution in [0.4, 0.5) is 19.0 Å². The Bertz CT molecular complexity index is 981. The SMILES string of the molecule is COC1CCC(Nc2ccc3ncc(-c4cccc(OC(F)(F)F)c4)n3n2)CC1. The van der Waals surface area contributed by atoms with Gasteiger partial charge >= 0.3 is 6.36 Å². The summed E-state index contributed by atoms with van der Waals surface area (Å²) in [7, 11) is 1.74. The predicted molar refractivity (Wildman–Crippen MR) is 102 cm³/mol. The molecule has 0 atom stereocenters. The molecule has 1 fully saturated rings. The molecule has 4 rings (SSSR count). The summed E-state index contributed by atoms with van der Waals surface area (Å²) in [6.07, 6.45) is 1.14. The second-order valence-corrected chi connectivity index (χ2v) is 7.06. The molecule has 0 radical (unpaired) electrons. The zero-order valence-corrected chi connectivity index (χ0v) is 15.8. The summed E-state index contributed by atoms with van der Waals surface area (Å²) in [6.45, 7) is 0. The summed E-state index contributed by atoms with van der Waals surface area (Å²) in [5.41, 5.74) is 1.72. The maximum atomic E-state index is 12.5. The first-order chi connectivity index (χ1) is 13.9.